The SMILES string of the molecule is [CH2]C1=C(COCc2ccccc2)C(OCc2ccccc2)=C(OCc2ccccc2)CC1(c1ccc(OC)cc1)[N+](=O)C1CCCCP1. The van der Waals surface area contributed by atoms with E-state index in [9.17, 15) is 0 Å². The van der Waals surface area contributed by atoms with E-state index >= 15 is 4.91 Å². The summed E-state index contributed by atoms with van der Waals surface area (Å²) in [5.74, 6) is 1.82. The number of methoxy groups -OCH3 is 1. The number of nitrogens with zero attached hydrogens (tertiary/aromatic N) is 1. The molecule has 0 spiro atoms. The van der Waals surface area contributed by atoms with Crippen molar-refractivity contribution < 1.29 is 23.7 Å². The fourth-order valence-electron chi connectivity index (χ4n) is 6.51. The van der Waals surface area contributed by atoms with Crippen LogP contribution in [0.4, 0.5) is 0 Å². The summed E-state index contributed by atoms with van der Waals surface area (Å²) in [4.78, 5) is 15.0. The minimum Gasteiger partial charge on any atom is -0.497 e. The van der Waals surface area contributed by atoms with Gasteiger partial charge in [-0.3, -0.25) is 0 Å². The van der Waals surface area contributed by atoms with Crippen LogP contribution in [-0.2, 0) is 39.6 Å². The van der Waals surface area contributed by atoms with Gasteiger partial charge in [0.1, 0.15) is 24.7 Å². The van der Waals surface area contributed by atoms with Crippen molar-refractivity contribution in [2.45, 2.75) is 56.8 Å². The fraction of sp³-hybridized carbons (Fsp3) is 0.293. The summed E-state index contributed by atoms with van der Waals surface area (Å²) in [6, 6.07) is 38.1. The first-order valence-electron chi connectivity index (χ1n) is 16.7. The largest absolute Gasteiger partial charge is 0.497 e. The number of hydrogen-bond acceptors (Lipinski definition) is 5. The lowest BCUT2D eigenvalue weighted by molar-refractivity contribution is -0.640. The summed E-state index contributed by atoms with van der Waals surface area (Å²) in [5, 5.41) is 0. The van der Waals surface area contributed by atoms with Crippen molar-refractivity contribution in [2.75, 3.05) is 19.9 Å². The second kappa shape index (κ2) is 16.2. The van der Waals surface area contributed by atoms with Gasteiger partial charge >= 0.3 is 0 Å². The molecule has 0 N–H and O–H groups in total. The average molecular weight is 662 g/mol. The topological polar surface area (TPSA) is 57.0 Å². The highest BCUT2D eigenvalue weighted by atomic mass is 31.1. The van der Waals surface area contributed by atoms with Crippen LogP contribution in [-0.4, -0.2) is 30.4 Å². The van der Waals surface area contributed by atoms with Crippen LogP contribution in [0.2, 0.25) is 0 Å². The Balaban J connectivity index is 1.47. The Kier molecular flexibility index (Phi) is 11.4. The van der Waals surface area contributed by atoms with Gasteiger partial charge in [0.15, 0.2) is 5.76 Å². The highest BCUT2D eigenvalue weighted by molar-refractivity contribution is 7.38. The fourth-order valence-corrected chi connectivity index (χ4v) is 8.09. The van der Waals surface area contributed by atoms with E-state index < -0.39 is 5.54 Å². The van der Waals surface area contributed by atoms with Gasteiger partial charge in [0.25, 0.3) is 5.54 Å². The Morgan fingerprint density at radius 1 is 0.750 bits per heavy atom. The van der Waals surface area contributed by atoms with Gasteiger partial charge < -0.3 is 18.9 Å². The molecule has 1 aliphatic heterocycles. The summed E-state index contributed by atoms with van der Waals surface area (Å²) in [6.45, 7) is 5.99. The summed E-state index contributed by atoms with van der Waals surface area (Å²) < 4.78 is 26.7. The molecule has 6 nitrogen and oxygen atoms in total. The highest BCUT2D eigenvalue weighted by Gasteiger charge is 2.57. The molecule has 247 valence electrons. The predicted octanol–water partition coefficient (Wildman–Crippen LogP) is 9.25. The van der Waals surface area contributed by atoms with Crippen molar-refractivity contribution >= 4 is 8.58 Å². The molecule has 7 heteroatoms. The Hall–Kier alpha value is -4.25. The van der Waals surface area contributed by atoms with Gasteiger partial charge in [-0.25, -0.2) is 0 Å². The molecule has 0 amide bonds. The first-order valence-corrected chi connectivity index (χ1v) is 18.0. The molecule has 1 fully saturated rings. The number of benzene rings is 4. The lowest BCUT2D eigenvalue weighted by Crippen LogP contribution is -2.47. The van der Waals surface area contributed by atoms with E-state index in [0.717, 1.165) is 59.0 Å². The number of ether oxygens (including phenoxy) is 4. The van der Waals surface area contributed by atoms with Gasteiger partial charge in [0.05, 0.1) is 26.7 Å². The highest BCUT2D eigenvalue weighted by Crippen LogP contribution is 2.50. The van der Waals surface area contributed by atoms with Gasteiger partial charge in [-0.15, -0.1) is 0 Å². The maximum atomic E-state index is 15.0. The van der Waals surface area contributed by atoms with E-state index in [1.54, 1.807) is 7.11 Å². The standard InChI is InChI=1S/C41H44NO5P/c1-31-37(30-45-27-32-14-6-3-7-15-32)40(47-29-34-18-10-5-11-19-34)38(46-28-33-16-8-4-9-17-33)26-41(31,35-21-23-36(44-2)24-22-35)42(43)39-20-12-13-25-48-39/h3-11,14-19,21-24,39,48H,1,12-13,20,25-30H2,2H3/q+1. The zero-order valence-electron chi connectivity index (χ0n) is 27.6. The van der Waals surface area contributed by atoms with Crippen LogP contribution in [0.1, 0.15) is 47.9 Å². The van der Waals surface area contributed by atoms with Gasteiger partial charge in [0, 0.05) is 32.8 Å². The van der Waals surface area contributed by atoms with Crippen LogP contribution in [0.5, 0.6) is 5.75 Å². The first kappa shape index (κ1) is 33.6. The lowest BCUT2D eigenvalue weighted by Gasteiger charge is -2.37. The van der Waals surface area contributed by atoms with Crippen LogP contribution in [0.3, 0.4) is 0 Å². The molecule has 6 rings (SSSR count). The molecule has 3 atom stereocenters. The molecule has 0 saturated carbocycles. The Labute approximate surface area is 286 Å². The molecule has 4 aromatic carbocycles. The van der Waals surface area contributed by atoms with Crippen molar-refractivity contribution in [1.82, 2.24) is 0 Å². The third-order valence-corrected chi connectivity index (χ3v) is 10.8. The van der Waals surface area contributed by atoms with Crippen LogP contribution < -0.4 is 4.74 Å². The van der Waals surface area contributed by atoms with E-state index in [4.69, 9.17) is 25.9 Å². The summed E-state index contributed by atoms with van der Waals surface area (Å²) >= 11 is 0. The minimum atomic E-state index is -1.13. The minimum absolute atomic E-state index is 0.119. The van der Waals surface area contributed by atoms with Crippen LogP contribution in [0, 0.1) is 11.8 Å². The third-order valence-electron chi connectivity index (χ3n) is 9.16. The second-order valence-electron chi connectivity index (χ2n) is 12.3. The first-order chi connectivity index (χ1) is 23.6. The molecule has 1 radical (unpaired) electrons. The van der Waals surface area contributed by atoms with Crippen molar-refractivity contribution in [3.63, 3.8) is 0 Å². The van der Waals surface area contributed by atoms with Crippen molar-refractivity contribution in [1.29, 1.82) is 0 Å². The maximum absolute atomic E-state index is 15.0. The van der Waals surface area contributed by atoms with Gasteiger partial charge in [0.2, 0.25) is 5.78 Å². The number of hydrogen-bond donors (Lipinski definition) is 0. The zero-order valence-corrected chi connectivity index (χ0v) is 28.6. The summed E-state index contributed by atoms with van der Waals surface area (Å²) in [5.41, 5.74) is 4.27. The van der Waals surface area contributed by atoms with E-state index in [2.05, 4.69) is 0 Å². The summed E-state index contributed by atoms with van der Waals surface area (Å²) in [7, 11) is 2.20. The quantitative estimate of drug-likeness (QED) is 0.0996. The molecular formula is C41H44NO5P+. The number of nitroso groups, excluding NO2 is 1. The zero-order chi connectivity index (χ0) is 33.2. The van der Waals surface area contributed by atoms with E-state index in [1.807, 2.05) is 115 Å². The molecule has 1 heterocycles. The average Bonchev–Trinajstić information content (AvgIpc) is 3.15. The van der Waals surface area contributed by atoms with E-state index in [0.29, 0.717) is 45.5 Å². The Morgan fingerprint density at radius 2 is 1.33 bits per heavy atom. The molecule has 2 aliphatic rings. The Morgan fingerprint density at radius 3 is 1.90 bits per heavy atom. The Bertz CT molecular complexity index is 1700. The smallest absolute Gasteiger partial charge is 0.265 e. The van der Waals surface area contributed by atoms with E-state index in [-0.39, 0.29) is 18.8 Å². The lowest BCUT2D eigenvalue weighted by atomic mass is 9.73. The van der Waals surface area contributed by atoms with Crippen LogP contribution in [0.25, 0.3) is 0 Å². The molecule has 0 bridgehead atoms. The maximum Gasteiger partial charge on any atom is 0.265 e. The van der Waals surface area contributed by atoms with Gasteiger partial charge in [-0.1, -0.05) is 91.0 Å². The molecule has 0 aromatic heterocycles. The monoisotopic (exact) mass is 661 g/mol. The van der Waals surface area contributed by atoms with Gasteiger partial charge in [-0.2, -0.15) is 0 Å². The van der Waals surface area contributed by atoms with Crippen molar-refractivity contribution in [3.8, 4) is 5.75 Å². The molecule has 1 aliphatic carbocycles. The van der Waals surface area contributed by atoms with Gasteiger partial charge in [-0.05, 0) is 75.5 Å². The van der Waals surface area contributed by atoms with Crippen LogP contribution in [0.15, 0.2) is 138 Å². The van der Waals surface area contributed by atoms with Crippen molar-refractivity contribution in [2.24, 2.45) is 0 Å². The number of rotatable bonds is 14. The molecule has 1 saturated heterocycles. The normalized spacial score (nSPS) is 20.1. The molecule has 3 unspecified atom stereocenters. The van der Waals surface area contributed by atoms with Crippen LogP contribution >= 0.6 is 8.58 Å². The van der Waals surface area contributed by atoms with E-state index in [1.165, 1.54) is 4.76 Å². The predicted molar refractivity (Wildman–Crippen MR) is 192 cm³/mol. The molecule has 48 heavy (non-hydrogen) atoms. The second-order valence-corrected chi connectivity index (χ2v) is 13.9. The van der Waals surface area contributed by atoms with Crippen molar-refractivity contribution in [3.05, 3.63) is 172 Å². The molecule has 4 aromatic rings. The summed E-state index contributed by atoms with van der Waals surface area (Å²) in [6.07, 6.45) is 4.39. The third kappa shape index (κ3) is 7.72. The molecular weight excluding hydrogens is 617 g/mol.